The predicted octanol–water partition coefficient (Wildman–Crippen LogP) is 2.94. The molecule has 0 fully saturated rings. The van der Waals surface area contributed by atoms with Gasteiger partial charge < -0.3 is 19.8 Å². The number of anilines is 2. The lowest BCUT2D eigenvalue weighted by Crippen LogP contribution is -1.97. The molecule has 0 radical (unpaired) electrons. The number of aromatic amines is 1. The number of hydrogen-bond donors (Lipinski definition) is 2. The van der Waals surface area contributed by atoms with Gasteiger partial charge >= 0.3 is 0 Å². The molecule has 22 heavy (non-hydrogen) atoms. The number of rotatable bonds is 3. The summed E-state index contributed by atoms with van der Waals surface area (Å²) >= 11 is 0. The number of H-pyrrole nitrogens is 1. The number of para-hydroxylation sites is 2. The second-order valence-corrected chi connectivity index (χ2v) is 4.71. The molecule has 1 aliphatic rings. The van der Waals surface area contributed by atoms with E-state index in [4.69, 9.17) is 9.47 Å². The van der Waals surface area contributed by atoms with E-state index in [9.17, 15) is 10.1 Å². The molecule has 4 rings (SSSR count). The molecule has 0 amide bonds. The summed E-state index contributed by atoms with van der Waals surface area (Å²) in [7, 11) is 0. The first-order chi connectivity index (χ1) is 10.7. The molecule has 0 bridgehead atoms. The Bertz CT molecular complexity index is 849. The van der Waals surface area contributed by atoms with Gasteiger partial charge in [-0.3, -0.25) is 10.1 Å². The van der Waals surface area contributed by atoms with Crippen LogP contribution in [0, 0.1) is 10.1 Å². The largest absolute Gasteiger partial charge is 0.454 e. The topological polar surface area (TPSA) is 102 Å². The minimum Gasteiger partial charge on any atom is -0.454 e. The van der Waals surface area contributed by atoms with E-state index in [1.54, 1.807) is 30.3 Å². The summed E-state index contributed by atoms with van der Waals surface area (Å²) in [5.41, 5.74) is 1.79. The highest BCUT2D eigenvalue weighted by atomic mass is 16.7. The standard InChI is InChI=1S/C14H10N4O4/c19-18(20)11-4-2-1-3-8(11)15-14-16-9-5-12-13(22-7-21-12)6-10(9)17-14/h1-6H,7H2,(H2,15,16,17). The number of ether oxygens (including phenoxy) is 2. The first kappa shape index (κ1) is 12.5. The molecule has 0 aliphatic carbocycles. The summed E-state index contributed by atoms with van der Waals surface area (Å²) in [5, 5.41) is 14.0. The van der Waals surface area contributed by atoms with Gasteiger partial charge in [-0.1, -0.05) is 12.1 Å². The Kier molecular flexibility index (Phi) is 2.62. The number of nitrogens with zero attached hydrogens (tertiary/aromatic N) is 2. The third-order valence-electron chi connectivity index (χ3n) is 3.33. The molecule has 2 heterocycles. The zero-order valence-electron chi connectivity index (χ0n) is 11.2. The quantitative estimate of drug-likeness (QED) is 0.569. The summed E-state index contributed by atoms with van der Waals surface area (Å²) in [5.74, 6) is 1.69. The van der Waals surface area contributed by atoms with Crippen LogP contribution in [0.2, 0.25) is 0 Å². The number of nitrogens with one attached hydrogen (secondary N) is 2. The number of nitro groups is 1. The molecule has 3 aromatic rings. The maximum absolute atomic E-state index is 11.0. The van der Waals surface area contributed by atoms with Gasteiger partial charge in [-0.15, -0.1) is 0 Å². The number of nitro benzene ring substituents is 1. The smallest absolute Gasteiger partial charge is 0.292 e. The van der Waals surface area contributed by atoms with Crippen LogP contribution < -0.4 is 14.8 Å². The van der Waals surface area contributed by atoms with Crippen molar-refractivity contribution in [2.75, 3.05) is 12.1 Å². The van der Waals surface area contributed by atoms with Crippen molar-refractivity contribution in [1.82, 2.24) is 9.97 Å². The molecule has 2 aromatic carbocycles. The highest BCUT2D eigenvalue weighted by Gasteiger charge is 2.17. The number of benzene rings is 2. The van der Waals surface area contributed by atoms with E-state index < -0.39 is 4.92 Å². The molecule has 0 unspecified atom stereocenters. The lowest BCUT2D eigenvalue weighted by Gasteiger charge is -2.02. The first-order valence-electron chi connectivity index (χ1n) is 6.50. The van der Waals surface area contributed by atoms with Gasteiger partial charge in [0.15, 0.2) is 11.5 Å². The number of imidazole rings is 1. The van der Waals surface area contributed by atoms with Crippen molar-refractivity contribution >= 4 is 28.4 Å². The first-order valence-corrected chi connectivity index (χ1v) is 6.50. The molecule has 0 saturated heterocycles. The SMILES string of the molecule is O=[N+]([O-])c1ccccc1Nc1nc2cc3c(cc2[nH]1)OCO3. The molecule has 0 atom stereocenters. The molecular weight excluding hydrogens is 288 g/mol. The monoisotopic (exact) mass is 298 g/mol. The fourth-order valence-corrected chi connectivity index (χ4v) is 2.33. The third kappa shape index (κ3) is 1.97. The van der Waals surface area contributed by atoms with Crippen LogP contribution in [0.1, 0.15) is 0 Å². The molecule has 0 spiro atoms. The van der Waals surface area contributed by atoms with Crippen molar-refractivity contribution in [3.8, 4) is 11.5 Å². The van der Waals surface area contributed by atoms with E-state index in [0.717, 1.165) is 5.52 Å². The predicted molar refractivity (Wildman–Crippen MR) is 78.6 cm³/mol. The Morgan fingerprint density at radius 1 is 1.23 bits per heavy atom. The normalized spacial score (nSPS) is 12.5. The van der Waals surface area contributed by atoms with Crippen molar-refractivity contribution in [1.29, 1.82) is 0 Å². The number of hydrogen-bond acceptors (Lipinski definition) is 6. The van der Waals surface area contributed by atoms with Crippen molar-refractivity contribution in [3.63, 3.8) is 0 Å². The molecule has 8 heteroatoms. The molecule has 110 valence electrons. The molecule has 0 saturated carbocycles. The van der Waals surface area contributed by atoms with Gasteiger partial charge in [-0.05, 0) is 6.07 Å². The van der Waals surface area contributed by atoms with E-state index in [1.165, 1.54) is 6.07 Å². The minimum absolute atomic E-state index is 0.0166. The van der Waals surface area contributed by atoms with Crippen LogP contribution in [-0.2, 0) is 0 Å². The van der Waals surface area contributed by atoms with Crippen LogP contribution in [0.15, 0.2) is 36.4 Å². The fourth-order valence-electron chi connectivity index (χ4n) is 2.33. The van der Waals surface area contributed by atoms with Crippen LogP contribution in [0.4, 0.5) is 17.3 Å². The van der Waals surface area contributed by atoms with Crippen LogP contribution in [0.25, 0.3) is 11.0 Å². The lowest BCUT2D eigenvalue weighted by atomic mass is 10.3. The van der Waals surface area contributed by atoms with Crippen LogP contribution in [0.5, 0.6) is 11.5 Å². The van der Waals surface area contributed by atoms with Gasteiger partial charge in [0.2, 0.25) is 12.7 Å². The van der Waals surface area contributed by atoms with Crippen molar-refractivity contribution in [2.45, 2.75) is 0 Å². The second kappa shape index (κ2) is 4.62. The van der Waals surface area contributed by atoms with E-state index in [0.29, 0.717) is 28.7 Å². The van der Waals surface area contributed by atoms with E-state index >= 15 is 0 Å². The van der Waals surface area contributed by atoms with Gasteiger partial charge in [0.05, 0.1) is 16.0 Å². The molecular formula is C14H10N4O4. The van der Waals surface area contributed by atoms with Crippen LogP contribution in [0.3, 0.4) is 0 Å². The number of fused-ring (bicyclic) bond motifs is 2. The summed E-state index contributed by atoms with van der Waals surface area (Å²) in [6.07, 6.45) is 0. The number of aromatic nitrogens is 2. The summed E-state index contributed by atoms with van der Waals surface area (Å²) in [6, 6.07) is 9.93. The van der Waals surface area contributed by atoms with E-state index in [-0.39, 0.29) is 12.5 Å². The highest BCUT2D eigenvalue weighted by Crippen LogP contribution is 2.36. The Balaban J connectivity index is 1.72. The zero-order valence-corrected chi connectivity index (χ0v) is 11.2. The maximum Gasteiger partial charge on any atom is 0.292 e. The van der Waals surface area contributed by atoms with Crippen LogP contribution >= 0.6 is 0 Å². The van der Waals surface area contributed by atoms with E-state index in [2.05, 4.69) is 15.3 Å². The van der Waals surface area contributed by atoms with Crippen molar-refractivity contribution in [3.05, 3.63) is 46.5 Å². The van der Waals surface area contributed by atoms with Gasteiger partial charge in [0, 0.05) is 18.2 Å². The fraction of sp³-hybridized carbons (Fsp3) is 0.0714. The Labute approximate surface area is 123 Å². The summed E-state index contributed by atoms with van der Waals surface area (Å²) in [4.78, 5) is 18.0. The average molecular weight is 298 g/mol. The van der Waals surface area contributed by atoms with Gasteiger partial charge in [0.25, 0.3) is 5.69 Å². The second-order valence-electron chi connectivity index (χ2n) is 4.71. The molecule has 8 nitrogen and oxygen atoms in total. The Morgan fingerprint density at radius 3 is 2.82 bits per heavy atom. The zero-order chi connectivity index (χ0) is 15.1. The van der Waals surface area contributed by atoms with Gasteiger partial charge in [0.1, 0.15) is 5.69 Å². The third-order valence-corrected chi connectivity index (χ3v) is 3.33. The highest BCUT2D eigenvalue weighted by molar-refractivity contribution is 5.83. The summed E-state index contributed by atoms with van der Waals surface area (Å²) < 4.78 is 10.6. The van der Waals surface area contributed by atoms with Gasteiger partial charge in [-0.2, -0.15) is 0 Å². The minimum atomic E-state index is -0.443. The maximum atomic E-state index is 11.0. The molecule has 1 aromatic heterocycles. The van der Waals surface area contributed by atoms with E-state index in [1.807, 2.05) is 0 Å². The van der Waals surface area contributed by atoms with Gasteiger partial charge in [-0.25, -0.2) is 4.98 Å². The van der Waals surface area contributed by atoms with Crippen molar-refractivity contribution in [2.24, 2.45) is 0 Å². The Hall–Kier alpha value is -3.29. The molecule has 2 N–H and O–H groups in total. The average Bonchev–Trinajstić information content (AvgIpc) is 3.09. The van der Waals surface area contributed by atoms with Crippen LogP contribution in [-0.4, -0.2) is 21.7 Å². The summed E-state index contributed by atoms with van der Waals surface area (Å²) in [6.45, 7) is 0.198. The Morgan fingerprint density at radius 2 is 2.00 bits per heavy atom. The lowest BCUT2D eigenvalue weighted by molar-refractivity contribution is -0.383. The molecule has 1 aliphatic heterocycles. The van der Waals surface area contributed by atoms with Crippen molar-refractivity contribution < 1.29 is 14.4 Å².